The van der Waals surface area contributed by atoms with Gasteiger partial charge in [0, 0.05) is 65.4 Å². The zero-order chi connectivity index (χ0) is 69.1. The summed E-state index contributed by atoms with van der Waals surface area (Å²) in [5.74, 6) is 0.0470. The van der Waals surface area contributed by atoms with Gasteiger partial charge in [-0.2, -0.15) is 0 Å². The maximum absolute atomic E-state index is 14.8. The molecule has 106 heavy (non-hydrogen) atoms. The van der Waals surface area contributed by atoms with E-state index in [0.29, 0.717) is 0 Å². The first kappa shape index (κ1) is 57.5. The van der Waals surface area contributed by atoms with Crippen LogP contribution in [0, 0.1) is 0 Å². The fourth-order valence-corrected chi connectivity index (χ4v) is 18.8. The third-order valence-corrected chi connectivity index (χ3v) is 23.1. The van der Waals surface area contributed by atoms with Gasteiger partial charge in [-0.25, -0.2) is 0 Å². The molecule has 488 valence electrons. The van der Waals surface area contributed by atoms with Crippen molar-refractivity contribution in [3.05, 3.63) is 349 Å². The number of carbonyl (C=O) groups excluding carboxylic acids is 1. The zero-order valence-corrected chi connectivity index (χ0v) is 56.7. The molecule has 23 aromatic rings. The predicted octanol–water partition coefficient (Wildman–Crippen LogP) is 28.0. The van der Waals surface area contributed by atoms with Crippen molar-refractivity contribution < 1.29 is 22.5 Å². The molecule has 19 aromatic carbocycles. The second-order valence-electron chi connectivity index (χ2n) is 28.6. The largest absolute Gasteiger partial charge is 0.456 e. The van der Waals surface area contributed by atoms with E-state index in [1.165, 1.54) is 120 Å². The van der Waals surface area contributed by atoms with Gasteiger partial charge in [0.1, 0.15) is 44.7 Å². The van der Waals surface area contributed by atoms with Crippen molar-refractivity contribution >= 4 is 214 Å². The Morgan fingerprint density at radius 1 is 0.189 bits per heavy atom. The first-order valence-electron chi connectivity index (χ1n) is 36.2. The molecule has 0 saturated carbocycles. The van der Waals surface area contributed by atoms with E-state index in [0.717, 1.165) is 132 Å². The van der Waals surface area contributed by atoms with Crippen LogP contribution in [-0.2, 0) is 4.79 Å². The highest BCUT2D eigenvalue weighted by Gasteiger charge is 2.41. The van der Waals surface area contributed by atoms with E-state index >= 15 is 0 Å². The molecule has 0 amide bonds. The van der Waals surface area contributed by atoms with Crippen LogP contribution in [0.3, 0.4) is 0 Å². The van der Waals surface area contributed by atoms with Gasteiger partial charge in [0.05, 0.1) is 0 Å². The predicted molar refractivity (Wildman–Crippen MR) is 442 cm³/mol. The molecule has 0 N–H and O–H groups in total. The van der Waals surface area contributed by atoms with Crippen LogP contribution in [0.5, 0.6) is 0 Å². The number of fused-ring (bicyclic) bond motifs is 21. The third-order valence-electron chi connectivity index (χ3n) is 23.1. The average Bonchev–Trinajstić information content (AvgIpc) is 1.76. The monoisotopic (exact) mass is 1350 g/mol. The molecule has 5 nitrogen and oxygen atoms in total. The number of benzene rings is 17. The number of hydrogen-bond donors (Lipinski definition) is 0. The molecule has 0 radical (unpaired) electrons. The standard InChI is InChI=1S/C50H26O2.C39H20O3.C12H8/c1-3-19-39-31(13-1)37-25-29(21-23-41(37)51-39)45-47-33-15-5-9-27-11-7-17-35(43(27)33)49(47)46(30-22-24-42-38(26-30)32-14-2-4-20-40(32)52-42)50-36-18-8-12-28-10-6-16-34(44(28)36)48(45)50;40-39-35(22-15-17-32-28(19-22)24-9-1-3-13-30(24)41-32)37-26-11-5-7-21-8-6-12-27(34(21)26)38(37)36(39)23-16-18-33-29(20-23)25-10-2-4-14-31(25)42-33;1-3-9-4-2-6-11-8-7-10(5-1)12(9)11/h1-26H;1-20H;1-8H. The Hall–Kier alpha value is -14.1. The molecule has 26 rings (SSSR count). The van der Waals surface area contributed by atoms with Crippen LogP contribution in [0.15, 0.2) is 333 Å². The van der Waals surface area contributed by atoms with Gasteiger partial charge in [0.25, 0.3) is 0 Å². The Morgan fingerprint density at radius 2 is 0.462 bits per heavy atom. The van der Waals surface area contributed by atoms with Crippen molar-refractivity contribution in [2.24, 2.45) is 0 Å². The maximum atomic E-state index is 14.8. The van der Waals surface area contributed by atoms with Gasteiger partial charge in [-0.15, -0.1) is 0 Å². The first-order chi connectivity index (χ1) is 52.5. The summed E-state index contributed by atoms with van der Waals surface area (Å²) in [5, 5.41) is 29.3. The summed E-state index contributed by atoms with van der Waals surface area (Å²) in [4.78, 5) is 14.8. The second-order valence-corrected chi connectivity index (χ2v) is 28.6. The van der Waals surface area contributed by atoms with E-state index in [9.17, 15) is 4.79 Å². The highest BCUT2D eigenvalue weighted by Crippen LogP contribution is 2.59. The van der Waals surface area contributed by atoms with E-state index < -0.39 is 0 Å². The minimum absolute atomic E-state index is 0.0470. The average molecular weight is 1350 g/mol. The number of para-hydroxylation sites is 4. The molecule has 0 spiro atoms. The van der Waals surface area contributed by atoms with Crippen molar-refractivity contribution in [2.75, 3.05) is 0 Å². The first-order valence-corrected chi connectivity index (χ1v) is 36.2. The van der Waals surface area contributed by atoms with Crippen LogP contribution < -0.4 is 0 Å². The zero-order valence-electron chi connectivity index (χ0n) is 56.7. The molecule has 0 aliphatic heterocycles. The Labute approximate surface area is 603 Å². The summed E-state index contributed by atoms with van der Waals surface area (Å²) in [6.07, 6.45) is 4.36. The van der Waals surface area contributed by atoms with Crippen molar-refractivity contribution in [3.63, 3.8) is 0 Å². The van der Waals surface area contributed by atoms with E-state index in [1.54, 1.807) is 0 Å². The quantitative estimate of drug-likeness (QED) is 0.176. The lowest BCUT2D eigenvalue weighted by molar-refractivity contribution is -0.108. The number of ketones is 1. The van der Waals surface area contributed by atoms with Crippen LogP contribution in [0.2, 0.25) is 0 Å². The number of carbonyl (C=O) groups is 1. The van der Waals surface area contributed by atoms with Gasteiger partial charge in [-0.1, -0.05) is 255 Å². The number of Topliss-reactive ketones (excluding diaryl/α,β-unsaturated/α-hetero) is 1. The van der Waals surface area contributed by atoms with Gasteiger partial charge in [-0.3, -0.25) is 4.79 Å². The van der Waals surface area contributed by atoms with Crippen LogP contribution >= 0.6 is 0 Å². The summed E-state index contributed by atoms with van der Waals surface area (Å²) in [6, 6.07) is 112. The number of hydrogen-bond acceptors (Lipinski definition) is 5. The minimum Gasteiger partial charge on any atom is -0.456 e. The number of allylic oxidation sites excluding steroid dienone is 4. The minimum atomic E-state index is 0.0470. The molecular weight excluding hydrogens is 1290 g/mol. The van der Waals surface area contributed by atoms with Gasteiger partial charge >= 0.3 is 0 Å². The molecule has 3 aliphatic carbocycles. The van der Waals surface area contributed by atoms with Crippen LogP contribution in [0.4, 0.5) is 0 Å². The Bertz CT molecular complexity index is 7400. The van der Waals surface area contributed by atoms with E-state index in [-0.39, 0.29) is 5.78 Å². The Morgan fingerprint density at radius 3 is 0.821 bits per heavy atom. The highest BCUT2D eigenvalue weighted by molar-refractivity contribution is 6.61. The molecule has 0 atom stereocenters. The molecule has 0 fully saturated rings. The molecule has 5 heteroatoms. The second kappa shape index (κ2) is 21.5. The molecular formula is C101H54O5. The summed E-state index contributed by atoms with van der Waals surface area (Å²) < 4.78 is 24.9. The van der Waals surface area contributed by atoms with Crippen molar-refractivity contribution in [1.29, 1.82) is 0 Å². The lowest BCUT2D eigenvalue weighted by atomic mass is 9.86. The van der Waals surface area contributed by atoms with E-state index in [2.05, 4.69) is 255 Å². The Kier molecular flexibility index (Phi) is 11.6. The molecule has 3 aliphatic rings. The van der Waals surface area contributed by atoms with Crippen molar-refractivity contribution in [3.8, 4) is 22.3 Å². The summed E-state index contributed by atoms with van der Waals surface area (Å²) >= 11 is 0. The Balaban J connectivity index is 0.000000110. The lowest BCUT2D eigenvalue weighted by Crippen LogP contribution is -2.02. The molecule has 0 bridgehead atoms. The van der Waals surface area contributed by atoms with Crippen molar-refractivity contribution in [1.82, 2.24) is 0 Å². The fourth-order valence-electron chi connectivity index (χ4n) is 18.8. The van der Waals surface area contributed by atoms with Crippen molar-refractivity contribution in [2.45, 2.75) is 0 Å². The maximum Gasteiger partial charge on any atom is 0.195 e. The lowest BCUT2D eigenvalue weighted by Gasteiger charge is -2.16. The van der Waals surface area contributed by atoms with Gasteiger partial charge in [0.2, 0.25) is 0 Å². The smallest absolute Gasteiger partial charge is 0.195 e. The molecule has 4 aromatic heterocycles. The molecule has 0 unspecified atom stereocenters. The topological polar surface area (TPSA) is 69.6 Å². The van der Waals surface area contributed by atoms with Gasteiger partial charge < -0.3 is 17.7 Å². The molecule has 4 heterocycles. The number of rotatable bonds is 4. The SMILES string of the molecule is C1=Cc2cccc3cccc1c23.O=C1C(c2ccc3oc4ccccc4c3c2)=C2C(=C1c1ccc3oc4ccccc4c3c1)c1cccc3cccc2c13.c1ccc2c(c1)oc1ccc(-c3c4c5cccc6cccc(c4c(-c4ccc7oc8ccccc8c7c4)c4c7cccc8cccc(c34)c87)c65)cc12. The summed E-state index contributed by atoms with van der Waals surface area (Å²) in [5.41, 5.74) is 22.2. The molecule has 0 saturated heterocycles. The summed E-state index contributed by atoms with van der Waals surface area (Å²) in [7, 11) is 0. The summed E-state index contributed by atoms with van der Waals surface area (Å²) in [6.45, 7) is 0. The van der Waals surface area contributed by atoms with Crippen LogP contribution in [0.1, 0.15) is 33.4 Å². The van der Waals surface area contributed by atoms with E-state index in [1.807, 2.05) is 72.8 Å². The number of furan rings is 4. The third kappa shape index (κ3) is 7.95. The van der Waals surface area contributed by atoms with Crippen LogP contribution in [0.25, 0.3) is 231 Å². The normalized spacial score (nSPS) is 13.4. The highest BCUT2D eigenvalue weighted by atomic mass is 16.3. The van der Waals surface area contributed by atoms with Gasteiger partial charge in [0.15, 0.2) is 5.78 Å². The van der Waals surface area contributed by atoms with Crippen LogP contribution in [-0.4, -0.2) is 5.78 Å². The van der Waals surface area contributed by atoms with Gasteiger partial charge in [-0.05, 0) is 215 Å². The fraction of sp³-hybridized carbons (Fsp3) is 0. The van der Waals surface area contributed by atoms with E-state index in [4.69, 9.17) is 17.7 Å².